The Morgan fingerprint density at radius 3 is 1.57 bits per heavy atom. The van der Waals surface area contributed by atoms with Crippen LogP contribution in [0.3, 0.4) is 0 Å². The molecule has 0 aliphatic rings. The van der Waals surface area contributed by atoms with Gasteiger partial charge in [-0.3, -0.25) is 10.5 Å². The van der Waals surface area contributed by atoms with Gasteiger partial charge >= 0.3 is 0 Å². The predicted molar refractivity (Wildman–Crippen MR) is 60.0 cm³/mol. The van der Waals surface area contributed by atoms with Gasteiger partial charge in [-0.25, -0.2) is 0 Å². The van der Waals surface area contributed by atoms with Crippen molar-refractivity contribution in [3.8, 4) is 0 Å². The first-order valence-corrected chi connectivity index (χ1v) is 4.80. The molecule has 0 saturated carbocycles. The lowest BCUT2D eigenvalue weighted by Gasteiger charge is -2.14. The van der Waals surface area contributed by atoms with E-state index in [0.717, 1.165) is 0 Å². The quantitative estimate of drug-likeness (QED) is 0.530. The first-order valence-electron chi connectivity index (χ1n) is 4.80. The zero-order chi connectivity index (χ0) is 11.3. The number of aryl methyl sites for hydroxylation is 3. The lowest BCUT2D eigenvalue weighted by Crippen LogP contribution is -1.96. The SMILES string of the molecule is Cc1cc(C)c(C(C)C)c(C)c1.OO. The summed E-state index contributed by atoms with van der Waals surface area (Å²) in [5.74, 6) is 0.644. The van der Waals surface area contributed by atoms with Gasteiger partial charge in [0.15, 0.2) is 0 Å². The Hall–Kier alpha value is -0.860. The van der Waals surface area contributed by atoms with E-state index in [2.05, 4.69) is 46.8 Å². The minimum absolute atomic E-state index is 0.644. The van der Waals surface area contributed by atoms with Crippen LogP contribution in [0.25, 0.3) is 0 Å². The fourth-order valence-corrected chi connectivity index (χ4v) is 2.10. The Kier molecular flexibility index (Phi) is 5.43. The molecule has 0 atom stereocenters. The summed E-state index contributed by atoms with van der Waals surface area (Å²) in [5, 5.41) is 12.0. The zero-order valence-corrected chi connectivity index (χ0v) is 9.63. The molecule has 2 heteroatoms. The lowest BCUT2D eigenvalue weighted by molar-refractivity contribution is -0.176. The Bertz CT molecular complexity index is 267. The molecule has 1 aromatic rings. The summed E-state index contributed by atoms with van der Waals surface area (Å²) >= 11 is 0. The van der Waals surface area contributed by atoms with Crippen LogP contribution in [0.4, 0.5) is 0 Å². The average Bonchev–Trinajstić information content (AvgIpc) is 2.04. The Labute approximate surface area is 86.1 Å². The normalized spacial score (nSPS) is 9.71. The first-order chi connectivity index (χ1) is 6.52. The molecule has 1 rings (SSSR count). The van der Waals surface area contributed by atoms with Crippen molar-refractivity contribution in [1.82, 2.24) is 0 Å². The van der Waals surface area contributed by atoms with Crippen LogP contribution in [0.1, 0.15) is 42.0 Å². The highest BCUT2D eigenvalue weighted by Gasteiger charge is 2.06. The fraction of sp³-hybridized carbons (Fsp3) is 0.500. The van der Waals surface area contributed by atoms with Gasteiger partial charge in [0.05, 0.1) is 0 Å². The van der Waals surface area contributed by atoms with Crippen molar-refractivity contribution in [2.24, 2.45) is 0 Å². The fourth-order valence-electron chi connectivity index (χ4n) is 2.10. The lowest BCUT2D eigenvalue weighted by atomic mass is 9.92. The molecule has 2 nitrogen and oxygen atoms in total. The van der Waals surface area contributed by atoms with Crippen LogP contribution in [0.5, 0.6) is 0 Å². The predicted octanol–water partition coefficient (Wildman–Crippen LogP) is 3.75. The molecule has 0 aliphatic carbocycles. The van der Waals surface area contributed by atoms with Gasteiger partial charge in [0.2, 0.25) is 0 Å². The van der Waals surface area contributed by atoms with Crippen molar-refractivity contribution in [2.45, 2.75) is 40.5 Å². The van der Waals surface area contributed by atoms with E-state index in [1.807, 2.05) is 0 Å². The second kappa shape index (κ2) is 5.78. The van der Waals surface area contributed by atoms with Crippen LogP contribution in [-0.2, 0) is 0 Å². The van der Waals surface area contributed by atoms with E-state index in [0.29, 0.717) is 5.92 Å². The summed E-state index contributed by atoms with van der Waals surface area (Å²) in [6.07, 6.45) is 0. The van der Waals surface area contributed by atoms with E-state index >= 15 is 0 Å². The summed E-state index contributed by atoms with van der Waals surface area (Å²) in [5.41, 5.74) is 5.75. The molecular weight excluding hydrogens is 176 g/mol. The number of rotatable bonds is 1. The maximum absolute atomic E-state index is 6.00. The second-order valence-corrected chi connectivity index (χ2v) is 3.97. The Morgan fingerprint density at radius 2 is 1.29 bits per heavy atom. The molecule has 2 N–H and O–H groups in total. The topological polar surface area (TPSA) is 40.5 Å². The third-order valence-corrected chi connectivity index (χ3v) is 2.32. The van der Waals surface area contributed by atoms with Gasteiger partial charge in [0, 0.05) is 0 Å². The van der Waals surface area contributed by atoms with Crippen molar-refractivity contribution in [3.63, 3.8) is 0 Å². The van der Waals surface area contributed by atoms with Crippen molar-refractivity contribution in [2.75, 3.05) is 0 Å². The van der Waals surface area contributed by atoms with E-state index < -0.39 is 0 Å². The van der Waals surface area contributed by atoms with Crippen LogP contribution < -0.4 is 0 Å². The van der Waals surface area contributed by atoms with Crippen LogP contribution in [0.2, 0.25) is 0 Å². The van der Waals surface area contributed by atoms with E-state index in [9.17, 15) is 0 Å². The van der Waals surface area contributed by atoms with Crippen molar-refractivity contribution >= 4 is 0 Å². The molecule has 0 spiro atoms. The molecule has 0 aliphatic heterocycles. The Balaban J connectivity index is 0.000000791. The third kappa shape index (κ3) is 3.13. The summed E-state index contributed by atoms with van der Waals surface area (Å²) in [7, 11) is 0. The van der Waals surface area contributed by atoms with Crippen molar-refractivity contribution in [1.29, 1.82) is 0 Å². The highest BCUT2D eigenvalue weighted by molar-refractivity contribution is 5.39. The number of hydrogen-bond donors (Lipinski definition) is 2. The third-order valence-electron chi connectivity index (χ3n) is 2.32. The maximum Gasteiger partial charge on any atom is -0.0214 e. The molecule has 0 radical (unpaired) electrons. The molecule has 0 heterocycles. The van der Waals surface area contributed by atoms with Crippen molar-refractivity contribution in [3.05, 3.63) is 34.4 Å². The van der Waals surface area contributed by atoms with Gasteiger partial charge in [-0.15, -0.1) is 0 Å². The molecule has 14 heavy (non-hydrogen) atoms. The standard InChI is InChI=1S/C12H18.H2O2/c1-8(2)12-10(4)6-9(3)7-11(12)5;1-2/h6-8H,1-5H3;1-2H. The molecule has 0 fully saturated rings. The van der Waals surface area contributed by atoms with Gasteiger partial charge in [0.25, 0.3) is 0 Å². The minimum Gasteiger partial charge on any atom is -0.255 e. The van der Waals surface area contributed by atoms with Gasteiger partial charge < -0.3 is 0 Å². The molecule has 0 aromatic heterocycles. The van der Waals surface area contributed by atoms with Crippen LogP contribution in [-0.4, -0.2) is 10.5 Å². The first kappa shape index (κ1) is 13.1. The van der Waals surface area contributed by atoms with E-state index in [-0.39, 0.29) is 0 Å². The van der Waals surface area contributed by atoms with Crippen LogP contribution in [0, 0.1) is 20.8 Å². The van der Waals surface area contributed by atoms with E-state index in [1.54, 1.807) is 0 Å². The van der Waals surface area contributed by atoms with Gasteiger partial charge in [0.1, 0.15) is 0 Å². The molecule has 0 saturated heterocycles. The largest absolute Gasteiger partial charge is 0.255 e. The van der Waals surface area contributed by atoms with E-state index in [4.69, 9.17) is 10.5 Å². The molecule has 1 aromatic carbocycles. The number of hydrogen-bond acceptors (Lipinski definition) is 2. The molecular formula is C12H20O2. The molecule has 0 bridgehead atoms. The van der Waals surface area contributed by atoms with Gasteiger partial charge in [-0.05, 0) is 43.4 Å². The van der Waals surface area contributed by atoms with Crippen LogP contribution in [0.15, 0.2) is 12.1 Å². The highest BCUT2D eigenvalue weighted by atomic mass is 17.0. The smallest absolute Gasteiger partial charge is 0.0214 e. The molecule has 80 valence electrons. The van der Waals surface area contributed by atoms with Gasteiger partial charge in [-0.2, -0.15) is 0 Å². The summed E-state index contributed by atoms with van der Waals surface area (Å²) in [6.45, 7) is 11.1. The summed E-state index contributed by atoms with van der Waals surface area (Å²) in [6, 6.07) is 4.53. The summed E-state index contributed by atoms with van der Waals surface area (Å²) in [4.78, 5) is 0. The monoisotopic (exact) mass is 196 g/mol. The van der Waals surface area contributed by atoms with E-state index in [1.165, 1.54) is 22.3 Å². The van der Waals surface area contributed by atoms with Gasteiger partial charge in [-0.1, -0.05) is 31.5 Å². The maximum atomic E-state index is 6.00. The highest BCUT2D eigenvalue weighted by Crippen LogP contribution is 2.23. The number of benzene rings is 1. The molecule has 0 unspecified atom stereocenters. The zero-order valence-electron chi connectivity index (χ0n) is 9.63. The average molecular weight is 196 g/mol. The molecule has 0 amide bonds. The summed E-state index contributed by atoms with van der Waals surface area (Å²) < 4.78 is 0. The van der Waals surface area contributed by atoms with Crippen molar-refractivity contribution < 1.29 is 10.5 Å². The van der Waals surface area contributed by atoms with Crippen LogP contribution >= 0.6 is 0 Å². The second-order valence-electron chi connectivity index (χ2n) is 3.97. The minimum atomic E-state index is 0.644. The Morgan fingerprint density at radius 1 is 0.929 bits per heavy atom.